The minimum atomic E-state index is -0.426. The fourth-order valence-corrected chi connectivity index (χ4v) is 2.67. The van der Waals surface area contributed by atoms with Gasteiger partial charge in [0.1, 0.15) is 5.82 Å². The molecule has 1 aromatic rings. The quantitative estimate of drug-likeness (QED) is 0.779. The van der Waals surface area contributed by atoms with E-state index in [1.54, 1.807) is 0 Å². The Morgan fingerprint density at radius 2 is 1.94 bits per heavy atom. The number of nitrogens with zero attached hydrogens (tertiary/aromatic N) is 1. The third-order valence-corrected chi connectivity index (χ3v) is 3.67. The highest BCUT2D eigenvalue weighted by Gasteiger charge is 2.30. The van der Waals surface area contributed by atoms with E-state index in [2.05, 4.69) is 0 Å². The Morgan fingerprint density at radius 1 is 1.33 bits per heavy atom. The van der Waals surface area contributed by atoms with E-state index in [0.717, 1.165) is 19.3 Å². The molecule has 0 bridgehead atoms. The topological polar surface area (TPSA) is 46.3 Å². The van der Waals surface area contributed by atoms with E-state index in [9.17, 15) is 9.18 Å². The van der Waals surface area contributed by atoms with Crippen LogP contribution in [0.25, 0.3) is 0 Å². The van der Waals surface area contributed by atoms with Crippen molar-refractivity contribution in [2.75, 3.05) is 5.73 Å². The molecule has 0 unspecified atom stereocenters. The lowest BCUT2D eigenvalue weighted by molar-refractivity contribution is 0.0511. The van der Waals surface area contributed by atoms with E-state index in [0.29, 0.717) is 5.69 Å². The summed E-state index contributed by atoms with van der Waals surface area (Å²) < 4.78 is 13.2. The number of carbonyl (C=O) groups is 1. The largest absolute Gasteiger partial charge is 0.398 e. The summed E-state index contributed by atoms with van der Waals surface area (Å²) in [6.45, 7) is 4.06. The van der Waals surface area contributed by atoms with Crippen molar-refractivity contribution in [1.82, 2.24) is 4.90 Å². The number of hydrogen-bond acceptors (Lipinski definition) is 2. The number of nitrogen functional groups attached to an aromatic ring is 1. The SMILES string of the molecule is C[C@@H]1CCC[C@H](C)N1C(=O)c1cc(F)ccc1N. The third kappa shape index (κ3) is 2.33. The zero-order chi connectivity index (χ0) is 13.3. The zero-order valence-electron chi connectivity index (χ0n) is 10.8. The molecule has 1 amide bonds. The minimum Gasteiger partial charge on any atom is -0.398 e. The van der Waals surface area contributed by atoms with Gasteiger partial charge in [-0.2, -0.15) is 0 Å². The van der Waals surface area contributed by atoms with Crippen LogP contribution >= 0.6 is 0 Å². The van der Waals surface area contributed by atoms with Gasteiger partial charge in [0.25, 0.3) is 5.91 Å². The predicted octanol–water partition coefficient (Wildman–Crippen LogP) is 2.81. The van der Waals surface area contributed by atoms with Crippen molar-refractivity contribution in [1.29, 1.82) is 0 Å². The van der Waals surface area contributed by atoms with E-state index in [1.165, 1.54) is 18.2 Å². The summed E-state index contributed by atoms with van der Waals surface area (Å²) in [5, 5.41) is 0. The van der Waals surface area contributed by atoms with E-state index in [4.69, 9.17) is 5.73 Å². The van der Waals surface area contributed by atoms with Crippen molar-refractivity contribution in [2.24, 2.45) is 0 Å². The zero-order valence-corrected chi connectivity index (χ0v) is 10.8. The molecule has 18 heavy (non-hydrogen) atoms. The number of likely N-dealkylation sites (tertiary alicyclic amines) is 1. The summed E-state index contributed by atoms with van der Waals surface area (Å²) in [5.74, 6) is -0.587. The van der Waals surface area contributed by atoms with E-state index in [1.807, 2.05) is 18.7 Å². The number of halogens is 1. The average molecular weight is 250 g/mol. The maximum absolute atomic E-state index is 13.2. The number of amides is 1. The third-order valence-electron chi connectivity index (χ3n) is 3.67. The fraction of sp³-hybridized carbons (Fsp3) is 0.500. The summed E-state index contributed by atoms with van der Waals surface area (Å²) >= 11 is 0. The Bertz CT molecular complexity index is 451. The molecular formula is C14H19FN2O. The summed E-state index contributed by atoms with van der Waals surface area (Å²) in [7, 11) is 0. The molecule has 4 heteroatoms. The first kappa shape index (κ1) is 12.9. The molecule has 0 saturated carbocycles. The Balaban J connectivity index is 2.32. The van der Waals surface area contributed by atoms with Gasteiger partial charge in [0, 0.05) is 17.8 Å². The van der Waals surface area contributed by atoms with E-state index >= 15 is 0 Å². The van der Waals surface area contributed by atoms with Crippen LogP contribution in [0, 0.1) is 5.82 Å². The van der Waals surface area contributed by atoms with Crippen molar-refractivity contribution in [3.05, 3.63) is 29.6 Å². The smallest absolute Gasteiger partial charge is 0.256 e. The number of rotatable bonds is 1. The molecule has 1 heterocycles. The van der Waals surface area contributed by atoms with Gasteiger partial charge in [-0.05, 0) is 51.3 Å². The lowest BCUT2D eigenvalue weighted by Crippen LogP contribution is -2.47. The second-order valence-corrected chi connectivity index (χ2v) is 5.07. The Hall–Kier alpha value is -1.58. The highest BCUT2D eigenvalue weighted by Crippen LogP contribution is 2.26. The number of carbonyl (C=O) groups excluding carboxylic acids is 1. The number of nitrogens with two attached hydrogens (primary N) is 1. The van der Waals surface area contributed by atoms with Crippen molar-refractivity contribution in [3.63, 3.8) is 0 Å². The van der Waals surface area contributed by atoms with Gasteiger partial charge in [0.2, 0.25) is 0 Å². The molecule has 1 aliphatic rings. The fourth-order valence-electron chi connectivity index (χ4n) is 2.67. The summed E-state index contributed by atoms with van der Waals surface area (Å²) in [6.07, 6.45) is 3.11. The van der Waals surface area contributed by atoms with Gasteiger partial charge in [0.05, 0.1) is 5.56 Å². The number of piperidine rings is 1. The molecule has 0 spiro atoms. The maximum atomic E-state index is 13.2. The average Bonchev–Trinajstić information content (AvgIpc) is 2.32. The van der Waals surface area contributed by atoms with Gasteiger partial charge >= 0.3 is 0 Å². The second kappa shape index (κ2) is 4.96. The van der Waals surface area contributed by atoms with E-state index in [-0.39, 0.29) is 23.6 Å². The van der Waals surface area contributed by atoms with Crippen LogP contribution in [0.3, 0.4) is 0 Å². The highest BCUT2D eigenvalue weighted by molar-refractivity contribution is 5.99. The first-order valence-electron chi connectivity index (χ1n) is 6.38. The summed E-state index contributed by atoms with van der Waals surface area (Å²) in [6, 6.07) is 4.32. The number of benzene rings is 1. The summed E-state index contributed by atoms with van der Waals surface area (Å²) in [5.41, 5.74) is 6.39. The van der Waals surface area contributed by atoms with Crippen LogP contribution in [0.15, 0.2) is 18.2 Å². The van der Waals surface area contributed by atoms with Crippen LogP contribution in [0.5, 0.6) is 0 Å². The minimum absolute atomic E-state index is 0.160. The lowest BCUT2D eigenvalue weighted by Gasteiger charge is -2.39. The molecule has 0 aliphatic carbocycles. The van der Waals surface area contributed by atoms with Crippen molar-refractivity contribution in [3.8, 4) is 0 Å². The molecule has 2 N–H and O–H groups in total. The molecule has 1 fully saturated rings. The Morgan fingerprint density at radius 3 is 2.56 bits per heavy atom. The van der Waals surface area contributed by atoms with Crippen molar-refractivity contribution >= 4 is 11.6 Å². The number of hydrogen-bond donors (Lipinski definition) is 1. The Kier molecular flexibility index (Phi) is 3.55. The number of anilines is 1. The molecule has 1 aliphatic heterocycles. The predicted molar refractivity (Wildman–Crippen MR) is 69.8 cm³/mol. The molecule has 0 aromatic heterocycles. The van der Waals surface area contributed by atoms with Crippen molar-refractivity contribution < 1.29 is 9.18 Å². The maximum Gasteiger partial charge on any atom is 0.256 e. The van der Waals surface area contributed by atoms with Crippen LogP contribution in [-0.4, -0.2) is 22.9 Å². The first-order valence-corrected chi connectivity index (χ1v) is 6.38. The van der Waals surface area contributed by atoms with Gasteiger partial charge in [-0.3, -0.25) is 4.79 Å². The Labute approximate surface area is 107 Å². The second-order valence-electron chi connectivity index (χ2n) is 5.07. The normalized spacial score (nSPS) is 24.1. The molecule has 2 rings (SSSR count). The monoisotopic (exact) mass is 250 g/mol. The first-order chi connectivity index (χ1) is 8.50. The van der Waals surface area contributed by atoms with Crippen molar-refractivity contribution in [2.45, 2.75) is 45.2 Å². The van der Waals surface area contributed by atoms with Crippen LogP contribution in [0.4, 0.5) is 10.1 Å². The van der Waals surface area contributed by atoms with Gasteiger partial charge in [-0.25, -0.2) is 4.39 Å². The van der Waals surface area contributed by atoms with E-state index < -0.39 is 5.82 Å². The lowest BCUT2D eigenvalue weighted by atomic mass is 9.96. The molecule has 2 atom stereocenters. The van der Waals surface area contributed by atoms with Crippen LogP contribution in [0.2, 0.25) is 0 Å². The van der Waals surface area contributed by atoms with Crippen LogP contribution in [0.1, 0.15) is 43.5 Å². The van der Waals surface area contributed by atoms with Gasteiger partial charge in [-0.15, -0.1) is 0 Å². The standard InChI is InChI=1S/C14H19FN2O/c1-9-4-3-5-10(2)17(9)14(18)12-8-11(15)6-7-13(12)16/h6-10H,3-5,16H2,1-2H3/t9-,10+. The highest BCUT2D eigenvalue weighted by atomic mass is 19.1. The molecule has 3 nitrogen and oxygen atoms in total. The van der Waals surface area contributed by atoms with Gasteiger partial charge < -0.3 is 10.6 Å². The molecular weight excluding hydrogens is 231 g/mol. The summed E-state index contributed by atoms with van der Waals surface area (Å²) in [4.78, 5) is 14.3. The van der Waals surface area contributed by atoms with Crippen LogP contribution in [-0.2, 0) is 0 Å². The molecule has 1 saturated heterocycles. The molecule has 1 aromatic carbocycles. The van der Waals surface area contributed by atoms with Crippen LogP contribution < -0.4 is 5.73 Å². The van der Waals surface area contributed by atoms with Gasteiger partial charge in [-0.1, -0.05) is 0 Å². The molecule has 98 valence electrons. The van der Waals surface area contributed by atoms with Gasteiger partial charge in [0.15, 0.2) is 0 Å². The molecule has 0 radical (unpaired) electrons.